The van der Waals surface area contributed by atoms with Gasteiger partial charge >= 0.3 is 0 Å². The number of methoxy groups -OCH3 is 3. The molecule has 0 saturated heterocycles. The van der Waals surface area contributed by atoms with Crippen LogP contribution in [0.1, 0.15) is 16.1 Å². The number of benzene rings is 1. The molecular formula is C14H17N3O4. The number of aromatic nitrogens is 2. The molecule has 0 atom stereocenters. The monoisotopic (exact) mass is 291 g/mol. The molecule has 7 heteroatoms. The first-order valence-electron chi connectivity index (χ1n) is 6.22. The summed E-state index contributed by atoms with van der Waals surface area (Å²) in [7, 11) is 4.56. The second-order valence-corrected chi connectivity index (χ2v) is 4.28. The fourth-order valence-electron chi connectivity index (χ4n) is 1.93. The van der Waals surface area contributed by atoms with Gasteiger partial charge in [-0.2, -0.15) is 5.10 Å². The van der Waals surface area contributed by atoms with E-state index < -0.39 is 0 Å². The number of aromatic amines is 1. The van der Waals surface area contributed by atoms with Crippen LogP contribution in [0.4, 0.5) is 5.69 Å². The van der Waals surface area contributed by atoms with Gasteiger partial charge in [0, 0.05) is 23.5 Å². The van der Waals surface area contributed by atoms with Crippen molar-refractivity contribution in [3.05, 3.63) is 29.6 Å². The standard InChI is InChI=1S/C14H17N3O4/c1-8-10(7-15-17-8)14(18)16-9-5-11(19-2)13(21-4)12(6-9)20-3/h5-7H,1-4H3,(H,15,17)(H,16,18). The van der Waals surface area contributed by atoms with Gasteiger partial charge in [-0.05, 0) is 6.92 Å². The summed E-state index contributed by atoms with van der Waals surface area (Å²) in [5, 5.41) is 9.31. The Hall–Kier alpha value is -2.70. The van der Waals surface area contributed by atoms with Crippen LogP contribution >= 0.6 is 0 Å². The van der Waals surface area contributed by atoms with E-state index in [4.69, 9.17) is 14.2 Å². The van der Waals surface area contributed by atoms with E-state index in [1.807, 2.05) is 0 Å². The number of anilines is 1. The maximum atomic E-state index is 12.2. The summed E-state index contributed by atoms with van der Waals surface area (Å²) in [6.07, 6.45) is 1.47. The molecule has 21 heavy (non-hydrogen) atoms. The Labute approximate surface area is 122 Å². The lowest BCUT2D eigenvalue weighted by Crippen LogP contribution is -2.12. The van der Waals surface area contributed by atoms with Gasteiger partial charge in [-0.25, -0.2) is 0 Å². The van der Waals surface area contributed by atoms with Gasteiger partial charge in [0.2, 0.25) is 5.75 Å². The minimum Gasteiger partial charge on any atom is -0.493 e. The van der Waals surface area contributed by atoms with Gasteiger partial charge in [-0.3, -0.25) is 9.89 Å². The van der Waals surface area contributed by atoms with Gasteiger partial charge in [0.25, 0.3) is 5.91 Å². The quantitative estimate of drug-likeness (QED) is 0.880. The molecular weight excluding hydrogens is 274 g/mol. The zero-order valence-electron chi connectivity index (χ0n) is 12.3. The second kappa shape index (κ2) is 6.17. The number of amides is 1. The van der Waals surface area contributed by atoms with Crippen LogP contribution < -0.4 is 19.5 Å². The molecule has 0 aliphatic carbocycles. The van der Waals surface area contributed by atoms with Gasteiger partial charge in [-0.15, -0.1) is 0 Å². The normalized spacial score (nSPS) is 10.1. The van der Waals surface area contributed by atoms with E-state index in [0.717, 1.165) is 0 Å². The van der Waals surface area contributed by atoms with Crippen molar-refractivity contribution >= 4 is 11.6 Å². The predicted molar refractivity (Wildman–Crippen MR) is 77.4 cm³/mol. The van der Waals surface area contributed by atoms with Gasteiger partial charge in [0.05, 0.1) is 33.1 Å². The van der Waals surface area contributed by atoms with Crippen molar-refractivity contribution in [1.82, 2.24) is 10.2 Å². The SMILES string of the molecule is COc1cc(NC(=O)c2cn[nH]c2C)cc(OC)c1OC. The first kappa shape index (κ1) is 14.7. The number of nitrogens with one attached hydrogen (secondary N) is 2. The minimum absolute atomic E-state index is 0.268. The van der Waals surface area contributed by atoms with Crippen LogP contribution in [0.3, 0.4) is 0 Å². The van der Waals surface area contributed by atoms with Crippen LogP contribution in [0.25, 0.3) is 0 Å². The molecule has 1 heterocycles. The maximum absolute atomic E-state index is 12.2. The number of ether oxygens (including phenoxy) is 3. The van der Waals surface area contributed by atoms with E-state index >= 15 is 0 Å². The Morgan fingerprint density at radius 2 is 1.76 bits per heavy atom. The first-order valence-corrected chi connectivity index (χ1v) is 6.22. The van der Waals surface area contributed by atoms with E-state index in [9.17, 15) is 4.79 Å². The molecule has 7 nitrogen and oxygen atoms in total. The van der Waals surface area contributed by atoms with Gasteiger partial charge in [0.1, 0.15) is 0 Å². The predicted octanol–water partition coefficient (Wildman–Crippen LogP) is 2.00. The van der Waals surface area contributed by atoms with E-state index in [2.05, 4.69) is 15.5 Å². The molecule has 1 aromatic carbocycles. The lowest BCUT2D eigenvalue weighted by Gasteiger charge is -2.14. The van der Waals surface area contributed by atoms with Gasteiger partial charge < -0.3 is 19.5 Å². The third kappa shape index (κ3) is 2.91. The summed E-state index contributed by atoms with van der Waals surface area (Å²) in [6, 6.07) is 3.32. The lowest BCUT2D eigenvalue weighted by atomic mass is 10.2. The van der Waals surface area contributed by atoms with Crippen molar-refractivity contribution in [2.24, 2.45) is 0 Å². The topological polar surface area (TPSA) is 85.5 Å². The highest BCUT2D eigenvalue weighted by Gasteiger charge is 2.16. The van der Waals surface area contributed by atoms with E-state index in [1.54, 1.807) is 19.1 Å². The van der Waals surface area contributed by atoms with Crippen molar-refractivity contribution in [2.45, 2.75) is 6.92 Å². The Kier molecular flexibility index (Phi) is 4.32. The lowest BCUT2D eigenvalue weighted by molar-refractivity contribution is 0.102. The molecule has 1 aromatic heterocycles. The Balaban J connectivity index is 2.32. The highest BCUT2D eigenvalue weighted by molar-refractivity contribution is 6.05. The van der Waals surface area contributed by atoms with E-state index in [-0.39, 0.29) is 5.91 Å². The molecule has 2 N–H and O–H groups in total. The zero-order chi connectivity index (χ0) is 15.4. The number of aryl methyl sites for hydroxylation is 1. The number of carbonyl (C=O) groups is 1. The molecule has 0 unspecified atom stereocenters. The van der Waals surface area contributed by atoms with Crippen molar-refractivity contribution in [2.75, 3.05) is 26.6 Å². The third-order valence-electron chi connectivity index (χ3n) is 3.00. The number of H-pyrrole nitrogens is 1. The number of rotatable bonds is 5. The molecule has 0 aliphatic heterocycles. The Bertz CT molecular complexity index is 626. The summed E-state index contributed by atoms with van der Waals surface area (Å²) in [6.45, 7) is 1.77. The van der Waals surface area contributed by atoms with Crippen LogP contribution in [-0.2, 0) is 0 Å². The minimum atomic E-state index is -0.268. The molecule has 1 amide bonds. The van der Waals surface area contributed by atoms with Crippen molar-refractivity contribution in [3.8, 4) is 17.2 Å². The second-order valence-electron chi connectivity index (χ2n) is 4.28. The van der Waals surface area contributed by atoms with E-state index in [0.29, 0.717) is 34.2 Å². The van der Waals surface area contributed by atoms with Crippen molar-refractivity contribution in [3.63, 3.8) is 0 Å². The van der Waals surface area contributed by atoms with Crippen molar-refractivity contribution in [1.29, 1.82) is 0 Å². The maximum Gasteiger partial charge on any atom is 0.259 e. The molecule has 2 aromatic rings. The smallest absolute Gasteiger partial charge is 0.259 e. The summed E-state index contributed by atoms with van der Waals surface area (Å²) in [5.74, 6) is 1.14. The molecule has 0 bridgehead atoms. The molecule has 112 valence electrons. The molecule has 0 fully saturated rings. The van der Waals surface area contributed by atoms with Crippen LogP contribution in [0.5, 0.6) is 17.2 Å². The summed E-state index contributed by atoms with van der Waals surface area (Å²) >= 11 is 0. The van der Waals surface area contributed by atoms with E-state index in [1.165, 1.54) is 27.5 Å². The molecule has 0 radical (unpaired) electrons. The zero-order valence-corrected chi connectivity index (χ0v) is 12.3. The van der Waals surface area contributed by atoms with Crippen LogP contribution in [0, 0.1) is 6.92 Å². The largest absolute Gasteiger partial charge is 0.493 e. The third-order valence-corrected chi connectivity index (χ3v) is 3.00. The highest BCUT2D eigenvalue weighted by Crippen LogP contribution is 2.40. The molecule has 2 rings (SSSR count). The van der Waals surface area contributed by atoms with Crippen LogP contribution in [0.15, 0.2) is 18.3 Å². The summed E-state index contributed by atoms with van der Waals surface area (Å²) in [5.41, 5.74) is 1.71. The average Bonchev–Trinajstić information content (AvgIpc) is 2.92. The van der Waals surface area contributed by atoms with Crippen LogP contribution in [0.2, 0.25) is 0 Å². The Morgan fingerprint density at radius 3 is 2.19 bits per heavy atom. The number of hydrogen-bond acceptors (Lipinski definition) is 5. The Morgan fingerprint density at radius 1 is 1.14 bits per heavy atom. The summed E-state index contributed by atoms with van der Waals surface area (Å²) in [4.78, 5) is 12.2. The summed E-state index contributed by atoms with van der Waals surface area (Å²) < 4.78 is 15.7. The van der Waals surface area contributed by atoms with Gasteiger partial charge in [0.15, 0.2) is 11.5 Å². The van der Waals surface area contributed by atoms with Crippen LogP contribution in [-0.4, -0.2) is 37.4 Å². The average molecular weight is 291 g/mol. The highest BCUT2D eigenvalue weighted by atomic mass is 16.5. The van der Waals surface area contributed by atoms with Crippen molar-refractivity contribution < 1.29 is 19.0 Å². The first-order chi connectivity index (χ1) is 10.1. The fraction of sp³-hybridized carbons (Fsp3) is 0.286. The number of hydrogen-bond donors (Lipinski definition) is 2. The molecule has 0 saturated carbocycles. The fourth-order valence-corrected chi connectivity index (χ4v) is 1.93. The molecule has 0 aliphatic rings. The number of nitrogens with zero attached hydrogens (tertiary/aromatic N) is 1. The van der Waals surface area contributed by atoms with Gasteiger partial charge in [-0.1, -0.05) is 0 Å². The number of carbonyl (C=O) groups excluding carboxylic acids is 1. The molecule has 0 spiro atoms.